The Kier molecular flexibility index (Phi) is 4.33. The Balaban J connectivity index is 1.59. The molecule has 3 fully saturated rings. The number of hydrogen-bond donors (Lipinski definition) is 2. The number of rotatable bonds is 3. The summed E-state index contributed by atoms with van der Waals surface area (Å²) in [6.07, 6.45) is 4.85. The molecule has 2 heterocycles. The predicted octanol–water partition coefficient (Wildman–Crippen LogP) is 2.87. The van der Waals surface area contributed by atoms with Gasteiger partial charge in [-0.05, 0) is 62.5 Å². The minimum Gasteiger partial charge on any atom is -0.372 e. The SMILES string of the molecule is CC(C)c1nc(N2C[C@@H](C)O[C@@H](C)C2)ccc1C1(N)CC2(CC(N)C2)C1. The molecule has 144 valence electrons. The van der Waals surface area contributed by atoms with E-state index in [0.29, 0.717) is 17.4 Å². The lowest BCUT2D eigenvalue weighted by Gasteiger charge is -2.62. The molecule has 2 aliphatic carbocycles. The molecule has 0 unspecified atom stereocenters. The van der Waals surface area contributed by atoms with E-state index >= 15 is 0 Å². The van der Waals surface area contributed by atoms with Crippen LogP contribution in [-0.2, 0) is 10.3 Å². The number of hydrogen-bond acceptors (Lipinski definition) is 5. The third-order valence-corrected chi connectivity index (χ3v) is 6.51. The third-order valence-electron chi connectivity index (χ3n) is 6.51. The second-order valence-corrected chi connectivity index (χ2v) is 9.60. The van der Waals surface area contributed by atoms with Crippen LogP contribution in [0.5, 0.6) is 0 Å². The molecule has 1 spiro atoms. The Hall–Kier alpha value is -1.17. The summed E-state index contributed by atoms with van der Waals surface area (Å²) >= 11 is 0. The molecule has 0 aromatic carbocycles. The highest BCUT2D eigenvalue weighted by atomic mass is 16.5. The summed E-state index contributed by atoms with van der Waals surface area (Å²) in [4.78, 5) is 7.44. The molecule has 5 nitrogen and oxygen atoms in total. The van der Waals surface area contributed by atoms with Crippen molar-refractivity contribution >= 4 is 5.82 Å². The quantitative estimate of drug-likeness (QED) is 0.869. The summed E-state index contributed by atoms with van der Waals surface area (Å²) in [7, 11) is 0. The van der Waals surface area contributed by atoms with Gasteiger partial charge in [-0.1, -0.05) is 19.9 Å². The van der Waals surface area contributed by atoms with Gasteiger partial charge in [-0.25, -0.2) is 4.98 Å². The van der Waals surface area contributed by atoms with Crippen LogP contribution in [0.1, 0.15) is 70.6 Å². The van der Waals surface area contributed by atoms with Gasteiger partial charge in [0, 0.05) is 24.7 Å². The fourth-order valence-electron chi connectivity index (χ4n) is 5.68. The molecule has 2 saturated carbocycles. The van der Waals surface area contributed by atoms with E-state index in [4.69, 9.17) is 21.2 Å². The van der Waals surface area contributed by atoms with Crippen LogP contribution >= 0.6 is 0 Å². The van der Waals surface area contributed by atoms with E-state index in [1.54, 1.807) is 0 Å². The maximum Gasteiger partial charge on any atom is 0.129 e. The first-order valence-electron chi connectivity index (χ1n) is 10.2. The van der Waals surface area contributed by atoms with Gasteiger partial charge in [-0.15, -0.1) is 0 Å². The average molecular weight is 359 g/mol. The summed E-state index contributed by atoms with van der Waals surface area (Å²) in [6.45, 7) is 10.5. The van der Waals surface area contributed by atoms with Crippen LogP contribution in [0.3, 0.4) is 0 Å². The monoisotopic (exact) mass is 358 g/mol. The van der Waals surface area contributed by atoms with Crippen molar-refractivity contribution in [3.63, 3.8) is 0 Å². The van der Waals surface area contributed by atoms with Gasteiger partial charge in [-0.3, -0.25) is 0 Å². The van der Waals surface area contributed by atoms with Crippen molar-refractivity contribution in [1.29, 1.82) is 0 Å². The minimum absolute atomic E-state index is 0.225. The maximum atomic E-state index is 6.85. The zero-order chi connectivity index (χ0) is 18.7. The number of anilines is 1. The second kappa shape index (κ2) is 6.18. The fourth-order valence-corrected chi connectivity index (χ4v) is 5.68. The van der Waals surface area contributed by atoms with Crippen molar-refractivity contribution in [1.82, 2.24) is 4.98 Å². The predicted molar refractivity (Wildman–Crippen MR) is 105 cm³/mol. The number of morpholine rings is 1. The molecule has 4 rings (SSSR count). The molecule has 26 heavy (non-hydrogen) atoms. The molecule has 1 aliphatic heterocycles. The van der Waals surface area contributed by atoms with Crippen LogP contribution in [0.2, 0.25) is 0 Å². The van der Waals surface area contributed by atoms with E-state index in [1.165, 1.54) is 5.56 Å². The highest BCUT2D eigenvalue weighted by molar-refractivity contribution is 5.46. The normalized spacial score (nSPS) is 39.8. The smallest absolute Gasteiger partial charge is 0.129 e. The van der Waals surface area contributed by atoms with Crippen LogP contribution in [0, 0.1) is 5.41 Å². The standard InChI is InChI=1S/C21H34N4O/c1-13(2)19-17(21(23)11-20(12-21)7-16(22)8-20)5-6-18(24-19)25-9-14(3)26-15(4)10-25/h5-6,13-16H,7-12,22-23H2,1-4H3/t14-,15+,16?,20?,21?. The third kappa shape index (κ3) is 3.04. The van der Waals surface area contributed by atoms with Gasteiger partial charge in [-0.2, -0.15) is 0 Å². The molecule has 2 atom stereocenters. The molecule has 0 bridgehead atoms. The molecule has 1 aromatic heterocycles. The Morgan fingerprint density at radius 2 is 1.77 bits per heavy atom. The molecule has 1 saturated heterocycles. The van der Waals surface area contributed by atoms with E-state index in [2.05, 4.69) is 44.7 Å². The van der Waals surface area contributed by atoms with Crippen LogP contribution in [0.15, 0.2) is 12.1 Å². The van der Waals surface area contributed by atoms with Crippen molar-refractivity contribution in [2.24, 2.45) is 16.9 Å². The molecule has 3 aliphatic rings. The number of nitrogens with two attached hydrogens (primary N) is 2. The van der Waals surface area contributed by atoms with Crippen molar-refractivity contribution < 1.29 is 4.74 Å². The van der Waals surface area contributed by atoms with E-state index in [1.807, 2.05) is 0 Å². The lowest BCUT2D eigenvalue weighted by Crippen LogP contribution is -2.63. The topological polar surface area (TPSA) is 77.4 Å². The lowest BCUT2D eigenvalue weighted by molar-refractivity contribution is -0.0595. The van der Waals surface area contributed by atoms with E-state index in [-0.39, 0.29) is 17.7 Å². The average Bonchev–Trinajstić information content (AvgIpc) is 2.50. The van der Waals surface area contributed by atoms with Gasteiger partial charge in [0.2, 0.25) is 0 Å². The zero-order valence-corrected chi connectivity index (χ0v) is 16.7. The van der Waals surface area contributed by atoms with E-state index in [0.717, 1.165) is 50.3 Å². The second-order valence-electron chi connectivity index (χ2n) is 9.60. The van der Waals surface area contributed by atoms with Gasteiger partial charge < -0.3 is 21.1 Å². The van der Waals surface area contributed by atoms with Gasteiger partial charge in [0.05, 0.1) is 17.9 Å². The lowest BCUT2D eigenvalue weighted by atomic mass is 9.46. The van der Waals surface area contributed by atoms with Crippen LogP contribution in [0.4, 0.5) is 5.82 Å². The summed E-state index contributed by atoms with van der Waals surface area (Å²) in [6, 6.07) is 4.79. The zero-order valence-electron chi connectivity index (χ0n) is 16.7. The largest absolute Gasteiger partial charge is 0.372 e. The molecular formula is C21H34N4O. The van der Waals surface area contributed by atoms with Crippen molar-refractivity contribution in [2.75, 3.05) is 18.0 Å². The first-order chi connectivity index (χ1) is 12.2. The summed E-state index contributed by atoms with van der Waals surface area (Å²) in [5, 5.41) is 0. The van der Waals surface area contributed by atoms with Gasteiger partial charge in [0.15, 0.2) is 0 Å². The number of nitrogens with zero attached hydrogens (tertiary/aromatic N) is 2. The van der Waals surface area contributed by atoms with Crippen molar-refractivity contribution in [2.45, 2.75) is 83.1 Å². The fraction of sp³-hybridized carbons (Fsp3) is 0.762. The maximum absolute atomic E-state index is 6.85. The Bertz CT molecular complexity index is 665. The molecular weight excluding hydrogens is 324 g/mol. The van der Waals surface area contributed by atoms with E-state index < -0.39 is 0 Å². The van der Waals surface area contributed by atoms with Gasteiger partial charge in [0.25, 0.3) is 0 Å². The highest BCUT2D eigenvalue weighted by Gasteiger charge is 2.59. The molecule has 5 heteroatoms. The summed E-state index contributed by atoms with van der Waals surface area (Å²) in [5.74, 6) is 1.42. The van der Waals surface area contributed by atoms with Crippen LogP contribution < -0.4 is 16.4 Å². The Morgan fingerprint density at radius 1 is 1.15 bits per heavy atom. The summed E-state index contributed by atoms with van der Waals surface area (Å²) < 4.78 is 5.87. The van der Waals surface area contributed by atoms with Gasteiger partial charge in [0.1, 0.15) is 5.82 Å². The molecule has 4 N–H and O–H groups in total. The van der Waals surface area contributed by atoms with E-state index in [9.17, 15) is 0 Å². The minimum atomic E-state index is -0.225. The van der Waals surface area contributed by atoms with Gasteiger partial charge >= 0.3 is 0 Å². The first-order valence-corrected chi connectivity index (χ1v) is 10.2. The van der Waals surface area contributed by atoms with Crippen molar-refractivity contribution in [3.05, 3.63) is 23.4 Å². The van der Waals surface area contributed by atoms with Crippen LogP contribution in [-0.4, -0.2) is 36.3 Å². The highest BCUT2D eigenvalue weighted by Crippen LogP contribution is 2.62. The summed E-state index contributed by atoms with van der Waals surface area (Å²) in [5.41, 5.74) is 15.5. The van der Waals surface area contributed by atoms with Crippen LogP contribution in [0.25, 0.3) is 0 Å². The van der Waals surface area contributed by atoms with Crippen molar-refractivity contribution in [3.8, 4) is 0 Å². The molecule has 1 aromatic rings. The Morgan fingerprint density at radius 3 is 2.31 bits per heavy atom. The number of pyridine rings is 1. The molecule has 0 radical (unpaired) electrons. The number of ether oxygens (including phenoxy) is 1. The Labute approximate surface area is 157 Å². The molecule has 0 amide bonds. The number of aromatic nitrogens is 1. The first kappa shape index (κ1) is 18.2.